The van der Waals surface area contributed by atoms with Gasteiger partial charge in [-0.05, 0) is 43.0 Å². The van der Waals surface area contributed by atoms with E-state index in [-0.39, 0.29) is 29.4 Å². The zero-order valence-electron chi connectivity index (χ0n) is 17.7. The van der Waals surface area contributed by atoms with Crippen molar-refractivity contribution in [3.05, 3.63) is 60.3 Å². The molecule has 0 aliphatic carbocycles. The van der Waals surface area contributed by atoms with Crippen LogP contribution in [0.2, 0.25) is 0 Å². The van der Waals surface area contributed by atoms with E-state index >= 15 is 0 Å². The van der Waals surface area contributed by atoms with Crippen LogP contribution in [0, 0.1) is 5.92 Å². The van der Waals surface area contributed by atoms with Gasteiger partial charge in [-0.1, -0.05) is 37.2 Å². The molecular weight excluding hydrogens is 396 g/mol. The number of aromatic nitrogens is 2. The molecular formula is C23H26N4O4. The number of nitrogens with one attached hydrogen (secondary N) is 1. The van der Waals surface area contributed by atoms with Crippen LogP contribution in [0.15, 0.2) is 57.7 Å². The van der Waals surface area contributed by atoms with Gasteiger partial charge in [-0.3, -0.25) is 9.59 Å². The van der Waals surface area contributed by atoms with Crippen LogP contribution in [0.5, 0.6) is 0 Å². The highest BCUT2D eigenvalue weighted by molar-refractivity contribution is 5.95. The maximum atomic E-state index is 13.1. The second-order valence-electron chi connectivity index (χ2n) is 8.10. The molecule has 0 bridgehead atoms. The number of carbonyl (C=O) groups is 2. The Balaban J connectivity index is 1.36. The Morgan fingerprint density at radius 2 is 1.84 bits per heavy atom. The van der Waals surface area contributed by atoms with Crippen molar-refractivity contribution < 1.29 is 18.5 Å². The topological polar surface area (TPSA) is 101 Å². The van der Waals surface area contributed by atoms with Crippen LogP contribution in [-0.4, -0.2) is 46.0 Å². The number of hydrogen-bond acceptors (Lipinski definition) is 6. The van der Waals surface area contributed by atoms with E-state index < -0.39 is 6.04 Å². The second-order valence-corrected chi connectivity index (χ2v) is 8.10. The van der Waals surface area contributed by atoms with Gasteiger partial charge in [0.1, 0.15) is 6.04 Å². The molecule has 1 aliphatic heterocycles. The average Bonchev–Trinajstić information content (AvgIpc) is 3.50. The normalized spacial score (nSPS) is 15.8. The summed E-state index contributed by atoms with van der Waals surface area (Å²) in [6, 6.07) is 12.3. The first kappa shape index (κ1) is 20.8. The summed E-state index contributed by atoms with van der Waals surface area (Å²) < 4.78 is 10.6. The van der Waals surface area contributed by atoms with E-state index in [1.54, 1.807) is 12.1 Å². The van der Waals surface area contributed by atoms with Gasteiger partial charge in [-0.2, -0.15) is 4.98 Å². The van der Waals surface area contributed by atoms with Crippen LogP contribution in [0.1, 0.15) is 49.0 Å². The summed E-state index contributed by atoms with van der Waals surface area (Å²) in [5.74, 6) is 1.02. The summed E-state index contributed by atoms with van der Waals surface area (Å²) in [5.41, 5.74) is 0.890. The molecule has 2 aromatic heterocycles. The van der Waals surface area contributed by atoms with Gasteiger partial charge in [0.2, 0.25) is 5.91 Å². The Morgan fingerprint density at radius 1 is 1.10 bits per heavy atom. The van der Waals surface area contributed by atoms with Crippen LogP contribution in [-0.2, 0) is 4.79 Å². The number of nitrogens with zero attached hydrogens (tertiary/aromatic N) is 3. The van der Waals surface area contributed by atoms with Gasteiger partial charge >= 0.3 is 0 Å². The molecule has 8 nitrogen and oxygen atoms in total. The lowest BCUT2D eigenvalue weighted by Crippen LogP contribution is -2.52. The molecule has 3 aromatic rings. The molecule has 1 fully saturated rings. The number of rotatable bonds is 6. The Kier molecular flexibility index (Phi) is 6.16. The van der Waals surface area contributed by atoms with E-state index in [0.717, 1.165) is 18.4 Å². The van der Waals surface area contributed by atoms with Crippen molar-refractivity contribution >= 4 is 11.8 Å². The van der Waals surface area contributed by atoms with Crippen molar-refractivity contribution in [2.45, 2.75) is 38.6 Å². The maximum Gasteiger partial charge on any atom is 0.287 e. The molecule has 4 rings (SSSR count). The van der Waals surface area contributed by atoms with Crippen molar-refractivity contribution in [3.8, 4) is 11.5 Å². The van der Waals surface area contributed by atoms with Gasteiger partial charge in [-0.25, -0.2) is 0 Å². The number of carbonyl (C=O) groups excluding carboxylic acids is 2. The zero-order valence-corrected chi connectivity index (χ0v) is 17.7. The summed E-state index contributed by atoms with van der Waals surface area (Å²) in [6.45, 7) is 5.00. The lowest BCUT2D eigenvalue weighted by Gasteiger charge is -2.34. The fourth-order valence-corrected chi connectivity index (χ4v) is 3.79. The molecule has 0 saturated carbocycles. The number of likely N-dealkylation sites (tertiary alicyclic amines) is 1. The highest BCUT2D eigenvalue weighted by atomic mass is 16.5. The zero-order chi connectivity index (χ0) is 21.8. The van der Waals surface area contributed by atoms with Crippen LogP contribution in [0.3, 0.4) is 0 Å². The fraction of sp³-hybridized carbons (Fsp3) is 0.391. The van der Waals surface area contributed by atoms with Gasteiger partial charge in [0, 0.05) is 24.6 Å². The summed E-state index contributed by atoms with van der Waals surface area (Å²) in [7, 11) is 0. The van der Waals surface area contributed by atoms with Crippen molar-refractivity contribution in [1.29, 1.82) is 0 Å². The van der Waals surface area contributed by atoms with E-state index in [4.69, 9.17) is 8.94 Å². The predicted octanol–water partition coefficient (Wildman–Crippen LogP) is 3.49. The summed E-state index contributed by atoms with van der Waals surface area (Å²) in [4.78, 5) is 31.8. The van der Waals surface area contributed by atoms with E-state index in [1.165, 1.54) is 6.26 Å². The van der Waals surface area contributed by atoms with Crippen LogP contribution < -0.4 is 5.32 Å². The minimum atomic E-state index is -0.607. The Labute approximate surface area is 180 Å². The summed E-state index contributed by atoms with van der Waals surface area (Å²) in [6.07, 6.45) is 2.93. The summed E-state index contributed by atoms with van der Waals surface area (Å²) in [5, 5.41) is 6.98. The van der Waals surface area contributed by atoms with E-state index in [1.807, 2.05) is 49.1 Å². The molecule has 1 atom stereocenters. The van der Waals surface area contributed by atoms with Gasteiger partial charge in [0.15, 0.2) is 11.6 Å². The van der Waals surface area contributed by atoms with Crippen molar-refractivity contribution in [1.82, 2.24) is 20.4 Å². The first-order valence-corrected chi connectivity index (χ1v) is 10.5. The average molecular weight is 422 g/mol. The van der Waals surface area contributed by atoms with E-state index in [0.29, 0.717) is 24.8 Å². The minimum absolute atomic E-state index is 0.0465. The molecule has 1 saturated heterocycles. The molecule has 0 radical (unpaired) electrons. The molecule has 1 N–H and O–H groups in total. The van der Waals surface area contributed by atoms with Crippen LogP contribution >= 0.6 is 0 Å². The molecule has 0 spiro atoms. The molecule has 0 unspecified atom stereocenters. The first-order chi connectivity index (χ1) is 15.0. The lowest BCUT2D eigenvalue weighted by atomic mass is 9.94. The second kappa shape index (κ2) is 9.16. The third kappa shape index (κ3) is 4.68. The van der Waals surface area contributed by atoms with Gasteiger partial charge in [0.25, 0.3) is 11.8 Å². The molecule has 1 aliphatic rings. The molecule has 1 aromatic carbocycles. The van der Waals surface area contributed by atoms with Crippen molar-refractivity contribution in [2.24, 2.45) is 5.92 Å². The highest BCUT2D eigenvalue weighted by Crippen LogP contribution is 2.28. The maximum absolute atomic E-state index is 13.1. The molecule has 31 heavy (non-hydrogen) atoms. The number of hydrogen-bond donors (Lipinski definition) is 1. The number of furan rings is 1. The smallest absolute Gasteiger partial charge is 0.287 e. The molecule has 3 heterocycles. The number of benzene rings is 1. The Morgan fingerprint density at radius 3 is 2.48 bits per heavy atom. The number of piperidine rings is 1. The largest absolute Gasteiger partial charge is 0.459 e. The molecule has 8 heteroatoms. The highest BCUT2D eigenvalue weighted by Gasteiger charge is 2.33. The van der Waals surface area contributed by atoms with Crippen molar-refractivity contribution in [3.63, 3.8) is 0 Å². The SMILES string of the molecule is CC(C)[C@H](NC(=O)c1ccco1)C(=O)N1CCC(c2noc(-c3ccccc3)n2)CC1. The van der Waals surface area contributed by atoms with Gasteiger partial charge in [0.05, 0.1) is 6.26 Å². The van der Waals surface area contributed by atoms with Gasteiger partial charge < -0.3 is 19.2 Å². The number of amides is 2. The van der Waals surface area contributed by atoms with E-state index in [2.05, 4.69) is 15.5 Å². The van der Waals surface area contributed by atoms with Crippen molar-refractivity contribution in [2.75, 3.05) is 13.1 Å². The quantitative estimate of drug-likeness (QED) is 0.652. The lowest BCUT2D eigenvalue weighted by molar-refractivity contribution is -0.135. The Bertz CT molecular complexity index is 1010. The van der Waals surface area contributed by atoms with E-state index in [9.17, 15) is 9.59 Å². The monoisotopic (exact) mass is 422 g/mol. The minimum Gasteiger partial charge on any atom is -0.459 e. The van der Waals surface area contributed by atoms with Crippen LogP contribution in [0.4, 0.5) is 0 Å². The predicted molar refractivity (Wildman–Crippen MR) is 113 cm³/mol. The molecule has 162 valence electrons. The third-order valence-corrected chi connectivity index (χ3v) is 5.60. The standard InChI is InChI=1S/C23H26N4O4/c1-15(2)19(24-21(28)18-9-6-14-30-18)23(29)27-12-10-16(11-13-27)20-25-22(31-26-20)17-7-4-3-5-8-17/h3-9,14-16,19H,10-13H2,1-2H3,(H,24,28)/t19-/m0/s1. The van der Waals surface area contributed by atoms with Crippen LogP contribution in [0.25, 0.3) is 11.5 Å². The van der Waals surface area contributed by atoms with Gasteiger partial charge in [-0.15, -0.1) is 0 Å². The Hall–Kier alpha value is -3.42. The third-order valence-electron chi connectivity index (χ3n) is 5.60. The first-order valence-electron chi connectivity index (χ1n) is 10.5. The fourth-order valence-electron chi connectivity index (χ4n) is 3.79. The molecule has 2 amide bonds. The summed E-state index contributed by atoms with van der Waals surface area (Å²) >= 11 is 0.